The van der Waals surface area contributed by atoms with E-state index in [1.165, 1.54) is 32.1 Å². The molecule has 1 heterocycles. The molecule has 102 valence electrons. The lowest BCUT2D eigenvalue weighted by Crippen LogP contribution is -2.60. The molecule has 3 aliphatic rings. The van der Waals surface area contributed by atoms with Gasteiger partial charge in [0.15, 0.2) is 0 Å². The molecular weight excluding hydrogens is 224 g/mol. The quantitative estimate of drug-likeness (QED) is 0.789. The summed E-state index contributed by atoms with van der Waals surface area (Å²) >= 11 is 0. The Morgan fingerprint density at radius 1 is 1.22 bits per heavy atom. The molecule has 2 saturated carbocycles. The van der Waals surface area contributed by atoms with Gasteiger partial charge in [0.25, 0.3) is 0 Å². The number of carbonyl (C=O) groups is 1. The fourth-order valence-electron chi connectivity index (χ4n) is 4.11. The van der Waals surface area contributed by atoms with Crippen molar-refractivity contribution in [3.63, 3.8) is 0 Å². The maximum absolute atomic E-state index is 12.3. The number of amides is 1. The number of piperidine rings is 1. The molecular formula is C15H26N2O. The van der Waals surface area contributed by atoms with E-state index >= 15 is 0 Å². The van der Waals surface area contributed by atoms with Crippen molar-refractivity contribution in [2.24, 2.45) is 11.8 Å². The number of nitrogens with one attached hydrogen (secondary N) is 2. The van der Waals surface area contributed by atoms with Crippen LogP contribution in [0.2, 0.25) is 0 Å². The molecule has 3 heteroatoms. The standard InChI is InChI=1S/C15H26N2O/c1-11-4-2-5-13(11)14(18)17-12-6-9-16-15(10-12)7-3-8-15/h11-13,16H,2-10H2,1H3,(H,17,18). The summed E-state index contributed by atoms with van der Waals surface area (Å²) in [5.74, 6) is 1.21. The van der Waals surface area contributed by atoms with Crippen molar-refractivity contribution in [2.75, 3.05) is 6.54 Å². The summed E-state index contributed by atoms with van der Waals surface area (Å²) in [6.07, 6.45) is 9.78. The van der Waals surface area contributed by atoms with Crippen LogP contribution < -0.4 is 10.6 Å². The van der Waals surface area contributed by atoms with E-state index in [0.29, 0.717) is 23.4 Å². The van der Waals surface area contributed by atoms with Crippen LogP contribution in [0.3, 0.4) is 0 Å². The Balaban J connectivity index is 1.54. The molecule has 1 amide bonds. The van der Waals surface area contributed by atoms with Gasteiger partial charge in [-0.15, -0.1) is 0 Å². The average molecular weight is 250 g/mol. The maximum atomic E-state index is 12.3. The first kappa shape index (κ1) is 12.5. The monoisotopic (exact) mass is 250 g/mol. The first-order valence-corrected chi connectivity index (χ1v) is 7.74. The number of carbonyl (C=O) groups excluding carboxylic acids is 1. The molecule has 1 spiro atoms. The summed E-state index contributed by atoms with van der Waals surface area (Å²) in [6, 6.07) is 0.423. The second-order valence-corrected chi connectivity index (χ2v) is 6.77. The van der Waals surface area contributed by atoms with Crippen LogP contribution in [0.25, 0.3) is 0 Å². The SMILES string of the molecule is CC1CCCC1C(=O)NC1CCNC2(CCC2)C1. The van der Waals surface area contributed by atoms with Crippen molar-refractivity contribution < 1.29 is 4.79 Å². The van der Waals surface area contributed by atoms with Crippen molar-refractivity contribution in [2.45, 2.75) is 69.9 Å². The van der Waals surface area contributed by atoms with Gasteiger partial charge < -0.3 is 10.6 Å². The van der Waals surface area contributed by atoms with Gasteiger partial charge in [0.1, 0.15) is 0 Å². The van der Waals surface area contributed by atoms with Gasteiger partial charge in [0, 0.05) is 17.5 Å². The predicted molar refractivity (Wildman–Crippen MR) is 72.3 cm³/mol. The van der Waals surface area contributed by atoms with Crippen LogP contribution in [0.1, 0.15) is 58.3 Å². The second-order valence-electron chi connectivity index (χ2n) is 6.77. The summed E-state index contributed by atoms with van der Waals surface area (Å²) in [5, 5.41) is 7.00. The van der Waals surface area contributed by atoms with Crippen molar-refractivity contribution in [1.82, 2.24) is 10.6 Å². The third-order valence-electron chi connectivity index (χ3n) is 5.49. The Kier molecular flexibility index (Phi) is 3.35. The van der Waals surface area contributed by atoms with Crippen molar-refractivity contribution in [3.8, 4) is 0 Å². The molecule has 0 aromatic carbocycles. The molecule has 2 aliphatic carbocycles. The Bertz CT molecular complexity index is 324. The van der Waals surface area contributed by atoms with E-state index in [4.69, 9.17) is 0 Å². The summed E-state index contributed by atoms with van der Waals surface area (Å²) in [6.45, 7) is 3.30. The number of rotatable bonds is 2. The smallest absolute Gasteiger partial charge is 0.223 e. The Labute approximate surface area is 110 Å². The second kappa shape index (κ2) is 4.84. The van der Waals surface area contributed by atoms with Crippen LogP contribution >= 0.6 is 0 Å². The zero-order valence-corrected chi connectivity index (χ0v) is 11.5. The van der Waals surface area contributed by atoms with Crippen LogP contribution in [0.4, 0.5) is 0 Å². The summed E-state index contributed by atoms with van der Waals surface area (Å²) in [4.78, 5) is 12.3. The molecule has 1 saturated heterocycles. The third-order valence-corrected chi connectivity index (χ3v) is 5.49. The van der Waals surface area contributed by atoms with E-state index in [1.807, 2.05) is 0 Å². The highest BCUT2D eigenvalue weighted by Crippen LogP contribution is 2.38. The van der Waals surface area contributed by atoms with Gasteiger partial charge in [-0.05, 0) is 57.4 Å². The molecule has 3 rings (SSSR count). The zero-order valence-electron chi connectivity index (χ0n) is 11.5. The minimum atomic E-state index is 0.289. The zero-order chi connectivity index (χ0) is 12.6. The lowest BCUT2D eigenvalue weighted by molar-refractivity contribution is -0.127. The molecule has 0 aromatic heterocycles. The minimum Gasteiger partial charge on any atom is -0.353 e. The molecule has 0 bridgehead atoms. The Morgan fingerprint density at radius 3 is 2.67 bits per heavy atom. The van der Waals surface area contributed by atoms with E-state index in [-0.39, 0.29) is 5.92 Å². The molecule has 3 atom stereocenters. The largest absolute Gasteiger partial charge is 0.353 e. The highest BCUT2D eigenvalue weighted by Gasteiger charge is 2.41. The van der Waals surface area contributed by atoms with E-state index in [1.54, 1.807) is 0 Å². The van der Waals surface area contributed by atoms with Crippen molar-refractivity contribution in [1.29, 1.82) is 0 Å². The summed E-state index contributed by atoms with van der Waals surface area (Å²) in [7, 11) is 0. The van der Waals surface area contributed by atoms with Crippen LogP contribution in [0, 0.1) is 11.8 Å². The summed E-state index contributed by atoms with van der Waals surface area (Å²) in [5.41, 5.74) is 0.386. The number of hydrogen-bond donors (Lipinski definition) is 2. The van der Waals surface area contributed by atoms with E-state index in [9.17, 15) is 4.79 Å². The molecule has 3 fully saturated rings. The van der Waals surface area contributed by atoms with E-state index < -0.39 is 0 Å². The van der Waals surface area contributed by atoms with E-state index in [0.717, 1.165) is 25.8 Å². The fraction of sp³-hybridized carbons (Fsp3) is 0.933. The topological polar surface area (TPSA) is 41.1 Å². The Morgan fingerprint density at radius 2 is 2.06 bits per heavy atom. The van der Waals surface area contributed by atoms with Crippen LogP contribution in [-0.2, 0) is 4.79 Å². The number of hydrogen-bond acceptors (Lipinski definition) is 2. The first-order valence-electron chi connectivity index (χ1n) is 7.74. The molecule has 2 N–H and O–H groups in total. The van der Waals surface area contributed by atoms with Gasteiger partial charge in [-0.2, -0.15) is 0 Å². The van der Waals surface area contributed by atoms with Gasteiger partial charge in [0.2, 0.25) is 5.91 Å². The lowest BCUT2D eigenvalue weighted by atomic mass is 9.70. The molecule has 18 heavy (non-hydrogen) atoms. The lowest BCUT2D eigenvalue weighted by Gasteiger charge is -2.48. The highest BCUT2D eigenvalue weighted by molar-refractivity contribution is 5.79. The molecule has 3 nitrogen and oxygen atoms in total. The minimum absolute atomic E-state index is 0.289. The maximum Gasteiger partial charge on any atom is 0.223 e. The van der Waals surface area contributed by atoms with Crippen molar-refractivity contribution in [3.05, 3.63) is 0 Å². The van der Waals surface area contributed by atoms with Crippen LogP contribution in [0.5, 0.6) is 0 Å². The first-order chi connectivity index (χ1) is 8.69. The van der Waals surface area contributed by atoms with Gasteiger partial charge in [-0.1, -0.05) is 13.3 Å². The normalized spacial score (nSPS) is 38.4. The molecule has 3 unspecified atom stereocenters. The molecule has 1 aliphatic heterocycles. The van der Waals surface area contributed by atoms with Crippen LogP contribution in [-0.4, -0.2) is 24.0 Å². The van der Waals surface area contributed by atoms with Gasteiger partial charge in [-0.3, -0.25) is 4.79 Å². The van der Waals surface area contributed by atoms with E-state index in [2.05, 4.69) is 17.6 Å². The van der Waals surface area contributed by atoms with Crippen LogP contribution in [0.15, 0.2) is 0 Å². The molecule has 0 radical (unpaired) electrons. The fourth-order valence-corrected chi connectivity index (χ4v) is 4.11. The summed E-state index contributed by atoms with van der Waals surface area (Å²) < 4.78 is 0. The van der Waals surface area contributed by atoms with Gasteiger partial charge >= 0.3 is 0 Å². The molecule has 0 aromatic rings. The third kappa shape index (κ3) is 2.29. The Hall–Kier alpha value is -0.570. The van der Waals surface area contributed by atoms with Gasteiger partial charge in [-0.25, -0.2) is 0 Å². The highest BCUT2D eigenvalue weighted by atomic mass is 16.2. The van der Waals surface area contributed by atoms with Crippen molar-refractivity contribution >= 4 is 5.91 Å². The predicted octanol–water partition coefficient (Wildman–Crippen LogP) is 2.21. The van der Waals surface area contributed by atoms with Gasteiger partial charge in [0.05, 0.1) is 0 Å². The average Bonchev–Trinajstić information content (AvgIpc) is 2.74.